The number of ether oxygens (including phenoxy) is 2. The molecule has 0 fully saturated rings. The number of likely N-dealkylation sites (N-methyl/N-ethyl adjacent to an activating group) is 2. The number of halogens is 5. The monoisotopic (exact) mass is 906 g/mol. The van der Waals surface area contributed by atoms with E-state index in [0.717, 1.165) is 17.1 Å². The minimum Gasteiger partial charge on any atom is -0.487 e. The molecule has 0 saturated carbocycles. The largest absolute Gasteiger partial charge is 0.487 e. The summed E-state index contributed by atoms with van der Waals surface area (Å²) >= 11 is 3.17. The average Bonchev–Trinajstić information content (AvgIpc) is 3.82. The van der Waals surface area contributed by atoms with E-state index in [-0.39, 0.29) is 31.3 Å². The highest BCUT2D eigenvalue weighted by Crippen LogP contribution is 2.28. The maximum absolute atomic E-state index is 14.3. The van der Waals surface area contributed by atoms with E-state index in [9.17, 15) is 36.7 Å². The lowest BCUT2D eigenvalue weighted by Gasteiger charge is -2.19. The summed E-state index contributed by atoms with van der Waals surface area (Å²) in [4.78, 5) is 60.3. The Bertz CT molecular complexity index is 2540. The first-order valence-corrected chi connectivity index (χ1v) is 19.3. The molecular weight excluding hydrogens is 872 g/mol. The molecule has 4 amide bonds. The smallest absolute Gasteiger partial charge is 0.275 e. The minimum absolute atomic E-state index is 0.0495. The van der Waals surface area contributed by atoms with Crippen molar-refractivity contribution in [3.05, 3.63) is 143 Å². The molecule has 0 spiro atoms. The van der Waals surface area contributed by atoms with Crippen molar-refractivity contribution in [3.8, 4) is 11.5 Å². The van der Waals surface area contributed by atoms with E-state index >= 15 is 0 Å². The zero-order valence-electron chi connectivity index (χ0n) is 32.2. The van der Waals surface area contributed by atoms with E-state index in [0.29, 0.717) is 39.6 Å². The van der Waals surface area contributed by atoms with Crippen LogP contribution >= 0.6 is 15.9 Å². The number of carbonyl (C=O) groups excluding carboxylic acids is 4. The number of hydrogen-bond acceptors (Lipinski definition) is 10. The Morgan fingerprint density at radius 2 is 1.26 bits per heavy atom. The molecule has 2 aliphatic heterocycles. The van der Waals surface area contributed by atoms with Crippen LogP contribution in [0.2, 0.25) is 0 Å². The summed E-state index contributed by atoms with van der Waals surface area (Å²) in [6.45, 7) is -0.277. The number of rotatable bonds is 7. The third-order valence-corrected chi connectivity index (χ3v) is 9.56. The van der Waals surface area contributed by atoms with Crippen molar-refractivity contribution >= 4 is 51.2 Å². The number of benzene rings is 2. The van der Waals surface area contributed by atoms with E-state index in [1.54, 1.807) is 42.5 Å². The normalized spacial score (nSPS) is 15.5. The van der Waals surface area contributed by atoms with Gasteiger partial charge >= 0.3 is 0 Å². The fourth-order valence-corrected chi connectivity index (χ4v) is 6.25. The van der Waals surface area contributed by atoms with Crippen LogP contribution in [0.5, 0.6) is 11.5 Å². The van der Waals surface area contributed by atoms with Crippen molar-refractivity contribution in [3.63, 3.8) is 0 Å². The lowest BCUT2D eigenvalue weighted by Crippen LogP contribution is -2.49. The van der Waals surface area contributed by atoms with Crippen LogP contribution in [0.1, 0.15) is 32.1 Å². The molecule has 0 radical (unpaired) electrons. The Kier molecular flexibility index (Phi) is 14.0. The standard InChI is InChI=1S/C20H17F2N5O3.C13H12FN5O3.C7H6BrF/c1-26-18-16(7-4-8-23-18)30-11-15(20(26)29)24-19(28)17-14(22)10-27(25-17)9-12-5-2-3-6-13(12)21;1-19-11-9(3-2-4-15-11)22-6-8(13(19)21)17-12(20)10-7(14)5-16-18-10;8-5-6-3-1-2-4-7(6)9/h2-8,10,15H,9,11H2,1H3,(H,24,28);2-5,8H,6H2,1H3,(H,16,18)(H,17,20);1-4H,5H2/t15-;8-;/m00./s1. The number of nitrogens with zero attached hydrogens (tertiary/aromatic N) is 7. The van der Waals surface area contributed by atoms with Crippen LogP contribution in [-0.4, -0.2) is 93.0 Å². The summed E-state index contributed by atoms with van der Waals surface area (Å²) in [5.41, 5.74) is 0.167. The maximum atomic E-state index is 14.3. The summed E-state index contributed by atoms with van der Waals surface area (Å²) in [6.07, 6.45) is 4.93. The molecule has 0 unspecified atom stereocenters. The highest BCUT2D eigenvalue weighted by molar-refractivity contribution is 9.08. The lowest BCUT2D eigenvalue weighted by atomic mass is 10.2. The van der Waals surface area contributed by atoms with Crippen molar-refractivity contribution in [2.24, 2.45) is 0 Å². The number of nitrogens with one attached hydrogen (secondary N) is 3. The van der Waals surface area contributed by atoms with Crippen LogP contribution in [-0.2, 0) is 21.5 Å². The Labute approximate surface area is 353 Å². The van der Waals surface area contributed by atoms with Crippen LogP contribution in [0.15, 0.2) is 97.6 Å². The van der Waals surface area contributed by atoms with Crippen LogP contribution in [0.4, 0.5) is 29.2 Å². The zero-order chi connectivity index (χ0) is 43.6. The molecular formula is C40H35BrF4N10O6. The molecule has 2 aliphatic rings. The fourth-order valence-electron chi connectivity index (χ4n) is 5.79. The fraction of sp³-hybridized carbons (Fsp3) is 0.200. The van der Waals surface area contributed by atoms with E-state index in [1.807, 2.05) is 6.07 Å². The number of aromatic amines is 1. The van der Waals surface area contributed by atoms with Gasteiger partial charge in [0.25, 0.3) is 23.6 Å². The Morgan fingerprint density at radius 1 is 0.738 bits per heavy atom. The molecule has 2 atom stereocenters. The number of fused-ring (bicyclic) bond motifs is 2. The molecule has 0 bridgehead atoms. The average molecular weight is 908 g/mol. The first-order chi connectivity index (χ1) is 29.4. The second-order valence-electron chi connectivity index (χ2n) is 13.1. The first kappa shape index (κ1) is 43.4. The molecule has 6 heterocycles. The predicted molar refractivity (Wildman–Crippen MR) is 214 cm³/mol. The summed E-state index contributed by atoms with van der Waals surface area (Å²) in [5, 5.41) is 15.0. The minimum atomic E-state index is -1.06. The Balaban J connectivity index is 0.000000175. The van der Waals surface area contributed by atoms with Crippen LogP contribution in [0.25, 0.3) is 0 Å². The third kappa shape index (κ3) is 10.4. The molecule has 2 aromatic carbocycles. The van der Waals surface area contributed by atoms with Gasteiger partial charge in [-0.1, -0.05) is 52.3 Å². The number of aromatic nitrogens is 6. The van der Waals surface area contributed by atoms with E-state index in [4.69, 9.17) is 9.47 Å². The number of amides is 4. The molecule has 21 heteroatoms. The molecule has 0 aliphatic carbocycles. The van der Waals surface area contributed by atoms with Gasteiger partial charge in [-0.2, -0.15) is 10.2 Å². The van der Waals surface area contributed by atoms with Gasteiger partial charge in [-0.05, 0) is 42.0 Å². The molecule has 0 saturated heterocycles. The predicted octanol–water partition coefficient (Wildman–Crippen LogP) is 4.58. The summed E-state index contributed by atoms with van der Waals surface area (Å²) in [6, 6.07) is 17.4. The van der Waals surface area contributed by atoms with Crippen LogP contribution < -0.4 is 29.9 Å². The number of hydrogen-bond donors (Lipinski definition) is 3. The van der Waals surface area contributed by atoms with Crippen molar-refractivity contribution < 1.29 is 46.2 Å². The summed E-state index contributed by atoms with van der Waals surface area (Å²) < 4.78 is 66.2. The Morgan fingerprint density at radius 3 is 1.75 bits per heavy atom. The Hall–Kier alpha value is -7.16. The van der Waals surface area contributed by atoms with Gasteiger partial charge in [-0.3, -0.25) is 38.8 Å². The molecule has 3 N–H and O–H groups in total. The van der Waals surface area contributed by atoms with E-state index in [1.165, 1.54) is 60.6 Å². The van der Waals surface area contributed by atoms with Crippen LogP contribution in [0.3, 0.4) is 0 Å². The number of carbonyl (C=O) groups is 4. The highest BCUT2D eigenvalue weighted by Gasteiger charge is 2.34. The van der Waals surface area contributed by atoms with Crippen molar-refractivity contribution in [1.82, 2.24) is 40.6 Å². The SMILES string of the molecule is CN1C(=O)[C@@H](NC(=O)c2[nH]ncc2F)COc2cccnc21.CN1C(=O)[C@@H](NC(=O)c2nn(Cc3ccccc3F)cc2F)COc2cccnc21.Fc1ccccc1CBr. The van der Waals surface area contributed by atoms with E-state index < -0.39 is 58.9 Å². The molecule has 4 aromatic heterocycles. The summed E-state index contributed by atoms with van der Waals surface area (Å²) in [7, 11) is 3.03. The van der Waals surface area contributed by atoms with Crippen molar-refractivity contribution in [2.75, 3.05) is 37.1 Å². The van der Waals surface area contributed by atoms with Gasteiger partial charge in [0, 0.05) is 37.4 Å². The number of pyridine rings is 2. The number of alkyl halides is 1. The third-order valence-electron chi connectivity index (χ3n) is 8.96. The second kappa shape index (κ2) is 19.7. The number of anilines is 2. The highest BCUT2D eigenvalue weighted by atomic mass is 79.9. The van der Waals surface area contributed by atoms with Gasteiger partial charge in [0.15, 0.2) is 46.2 Å². The lowest BCUT2D eigenvalue weighted by molar-refractivity contribution is -0.121. The summed E-state index contributed by atoms with van der Waals surface area (Å²) in [5.74, 6) is -3.31. The molecule has 61 heavy (non-hydrogen) atoms. The van der Waals surface area contributed by atoms with E-state index in [2.05, 4.69) is 51.8 Å². The van der Waals surface area contributed by atoms with Gasteiger partial charge in [0.05, 0.1) is 18.9 Å². The molecule has 6 aromatic rings. The molecule has 8 rings (SSSR count). The van der Waals surface area contributed by atoms with Gasteiger partial charge in [0.2, 0.25) is 0 Å². The van der Waals surface area contributed by atoms with Gasteiger partial charge in [-0.25, -0.2) is 27.5 Å². The zero-order valence-corrected chi connectivity index (χ0v) is 33.8. The maximum Gasteiger partial charge on any atom is 0.275 e. The van der Waals surface area contributed by atoms with Gasteiger partial charge in [-0.15, -0.1) is 0 Å². The molecule has 16 nitrogen and oxygen atoms in total. The van der Waals surface area contributed by atoms with Crippen LogP contribution in [0, 0.1) is 23.3 Å². The quantitative estimate of drug-likeness (QED) is 0.151. The first-order valence-electron chi connectivity index (χ1n) is 18.1. The second-order valence-corrected chi connectivity index (χ2v) is 13.6. The molecule has 316 valence electrons. The van der Waals surface area contributed by atoms with Gasteiger partial charge < -0.3 is 20.1 Å². The van der Waals surface area contributed by atoms with Crippen molar-refractivity contribution in [2.45, 2.75) is 24.0 Å². The van der Waals surface area contributed by atoms with Gasteiger partial charge in [0.1, 0.15) is 36.9 Å². The topological polar surface area (TPSA) is 190 Å². The number of H-pyrrole nitrogens is 1. The van der Waals surface area contributed by atoms with Crippen molar-refractivity contribution in [1.29, 1.82) is 0 Å².